The number of hydrogen-bond acceptors (Lipinski definition) is 2. The SMILES string of the molecule is c1ccc(B(c2ccccc2)c2ccc3oc4ccc(-c5cccc(-n6c7ccccc7c7ccc8c(c9ccccc9n8-c8ccccc8)c76)n5)cc4c3c2)cc1. The molecule has 0 bridgehead atoms. The molecular weight excluding hydrogens is 705 g/mol. The van der Waals surface area contributed by atoms with Crippen molar-refractivity contribution < 1.29 is 4.42 Å². The summed E-state index contributed by atoms with van der Waals surface area (Å²) in [7, 11) is 0. The fourth-order valence-electron chi connectivity index (χ4n) is 9.31. The molecule has 0 fully saturated rings. The molecule has 4 aromatic heterocycles. The van der Waals surface area contributed by atoms with Crippen molar-refractivity contribution in [1.82, 2.24) is 14.1 Å². The van der Waals surface area contributed by atoms with E-state index in [9.17, 15) is 0 Å². The molecule has 0 unspecified atom stereocenters. The quantitative estimate of drug-likeness (QED) is 0.159. The summed E-state index contributed by atoms with van der Waals surface area (Å²) < 4.78 is 11.2. The number of furan rings is 1. The third-order valence-corrected chi connectivity index (χ3v) is 11.8. The van der Waals surface area contributed by atoms with Crippen LogP contribution in [-0.4, -0.2) is 20.8 Å². The molecule has 5 heteroatoms. The van der Waals surface area contributed by atoms with Crippen molar-refractivity contribution in [2.24, 2.45) is 0 Å². The van der Waals surface area contributed by atoms with Crippen molar-refractivity contribution in [1.29, 1.82) is 0 Å². The van der Waals surface area contributed by atoms with E-state index in [-0.39, 0.29) is 6.71 Å². The molecule has 0 radical (unpaired) electrons. The maximum Gasteiger partial charge on any atom is 0.241 e. The van der Waals surface area contributed by atoms with Crippen molar-refractivity contribution in [3.63, 3.8) is 0 Å². The molecule has 0 N–H and O–H groups in total. The molecule has 0 atom stereocenters. The van der Waals surface area contributed by atoms with Gasteiger partial charge in [-0.2, -0.15) is 0 Å². The van der Waals surface area contributed by atoms with E-state index >= 15 is 0 Å². The molecule has 0 amide bonds. The Morgan fingerprint density at radius 2 is 1.02 bits per heavy atom. The number of hydrogen-bond donors (Lipinski definition) is 0. The summed E-state index contributed by atoms with van der Waals surface area (Å²) in [4.78, 5) is 5.46. The number of para-hydroxylation sites is 3. The van der Waals surface area contributed by atoms with Crippen LogP contribution in [0.2, 0.25) is 0 Å². The third kappa shape index (κ3) is 5.00. The van der Waals surface area contributed by atoms with Gasteiger partial charge in [-0.15, -0.1) is 0 Å². The van der Waals surface area contributed by atoms with Gasteiger partial charge in [0.05, 0.1) is 27.8 Å². The average molecular weight is 740 g/mol. The van der Waals surface area contributed by atoms with Crippen LogP contribution in [0.5, 0.6) is 0 Å². The lowest BCUT2D eigenvalue weighted by atomic mass is 9.37. The van der Waals surface area contributed by atoms with Crippen molar-refractivity contribution in [3.05, 3.63) is 206 Å². The molecule has 0 saturated heterocycles. The first-order valence-electron chi connectivity index (χ1n) is 19.8. The lowest BCUT2D eigenvalue weighted by Crippen LogP contribution is -2.51. The number of nitrogens with zero attached hydrogens (tertiary/aromatic N) is 3. The van der Waals surface area contributed by atoms with E-state index in [1.165, 1.54) is 49.0 Å². The molecule has 0 saturated carbocycles. The zero-order valence-electron chi connectivity index (χ0n) is 31.5. The highest BCUT2D eigenvalue weighted by Crippen LogP contribution is 2.42. The van der Waals surface area contributed by atoms with Gasteiger partial charge in [0.25, 0.3) is 0 Å². The Hall–Kier alpha value is -7.63. The topological polar surface area (TPSA) is 35.9 Å². The second kappa shape index (κ2) is 13.0. The van der Waals surface area contributed by atoms with Gasteiger partial charge in [-0.05, 0) is 66.7 Å². The lowest BCUT2D eigenvalue weighted by Gasteiger charge is -2.15. The van der Waals surface area contributed by atoms with E-state index in [0.29, 0.717) is 0 Å². The van der Waals surface area contributed by atoms with Gasteiger partial charge in [-0.1, -0.05) is 156 Å². The molecule has 12 aromatic rings. The van der Waals surface area contributed by atoms with Gasteiger partial charge in [0.2, 0.25) is 6.71 Å². The fourth-order valence-corrected chi connectivity index (χ4v) is 9.31. The van der Waals surface area contributed by atoms with Crippen LogP contribution in [0.3, 0.4) is 0 Å². The Labute approximate surface area is 334 Å². The summed E-state index contributed by atoms with van der Waals surface area (Å²) >= 11 is 0. The molecule has 4 nitrogen and oxygen atoms in total. The number of fused-ring (bicyclic) bond motifs is 10. The minimum Gasteiger partial charge on any atom is -0.456 e. The minimum absolute atomic E-state index is 0.0951. The largest absolute Gasteiger partial charge is 0.456 e. The van der Waals surface area contributed by atoms with Crippen LogP contribution in [0.15, 0.2) is 211 Å². The minimum atomic E-state index is 0.0951. The second-order valence-corrected chi connectivity index (χ2v) is 15.1. The zero-order chi connectivity index (χ0) is 38.2. The molecular formula is C53H34BN3O. The highest BCUT2D eigenvalue weighted by Gasteiger charge is 2.24. The highest BCUT2D eigenvalue weighted by atomic mass is 16.3. The van der Waals surface area contributed by atoms with Crippen molar-refractivity contribution in [2.75, 3.05) is 0 Å². The molecule has 12 rings (SSSR count). The molecule has 8 aromatic carbocycles. The second-order valence-electron chi connectivity index (χ2n) is 15.1. The number of rotatable bonds is 6. The van der Waals surface area contributed by atoms with Gasteiger partial charge < -0.3 is 8.98 Å². The summed E-state index contributed by atoms with van der Waals surface area (Å²) in [5.41, 5.74) is 13.2. The predicted octanol–water partition coefficient (Wildman–Crippen LogP) is 11.4. The van der Waals surface area contributed by atoms with Crippen molar-refractivity contribution in [3.8, 4) is 22.8 Å². The Morgan fingerprint density at radius 1 is 0.397 bits per heavy atom. The molecule has 0 aliphatic carbocycles. The van der Waals surface area contributed by atoms with Crippen LogP contribution in [-0.2, 0) is 0 Å². The molecule has 0 aliphatic rings. The Bertz CT molecular complexity index is 3470. The molecule has 4 heterocycles. The summed E-state index contributed by atoms with van der Waals surface area (Å²) in [6.45, 7) is 0.0951. The number of aromatic nitrogens is 3. The summed E-state index contributed by atoms with van der Waals surface area (Å²) in [5.74, 6) is 0.876. The van der Waals surface area contributed by atoms with Crippen LogP contribution < -0.4 is 16.4 Å². The Morgan fingerprint density at radius 3 is 1.76 bits per heavy atom. The van der Waals surface area contributed by atoms with Gasteiger partial charge in [0.1, 0.15) is 17.0 Å². The van der Waals surface area contributed by atoms with Gasteiger partial charge in [0, 0.05) is 43.6 Å². The van der Waals surface area contributed by atoms with E-state index in [1.54, 1.807) is 0 Å². The van der Waals surface area contributed by atoms with E-state index in [1.807, 2.05) is 0 Å². The summed E-state index contributed by atoms with van der Waals surface area (Å²) in [5, 5.41) is 7.01. The average Bonchev–Trinajstić information content (AvgIpc) is 3.95. The molecule has 0 spiro atoms. The normalized spacial score (nSPS) is 11.8. The monoisotopic (exact) mass is 739 g/mol. The van der Waals surface area contributed by atoms with E-state index in [0.717, 1.165) is 55.7 Å². The van der Waals surface area contributed by atoms with Crippen molar-refractivity contribution in [2.45, 2.75) is 0 Å². The molecule has 58 heavy (non-hydrogen) atoms. The lowest BCUT2D eigenvalue weighted by molar-refractivity contribution is 0.669. The van der Waals surface area contributed by atoms with Gasteiger partial charge in [-0.25, -0.2) is 4.98 Å². The highest BCUT2D eigenvalue weighted by molar-refractivity contribution is 6.95. The summed E-state index contributed by atoms with van der Waals surface area (Å²) in [6.07, 6.45) is 0. The smallest absolute Gasteiger partial charge is 0.241 e. The Kier molecular flexibility index (Phi) is 7.29. The van der Waals surface area contributed by atoms with Crippen LogP contribution in [0.1, 0.15) is 0 Å². The van der Waals surface area contributed by atoms with Crippen LogP contribution in [0.4, 0.5) is 0 Å². The Balaban J connectivity index is 1.05. The number of benzene rings is 8. The maximum absolute atomic E-state index is 6.45. The number of pyridine rings is 1. The molecule has 0 aliphatic heterocycles. The standard InChI is InChI=1S/C53H34BN3O/c1-4-15-36(16-5-1)54(37-17-6-2-7-18-37)38-28-32-50-44(34-38)43-33-35(27-31-49(43)58-50)45-23-14-26-51(55-45)57-46-24-12-10-21-40(46)41-29-30-48-52(53(41)57)42-22-11-13-25-47(42)56(48)39-19-8-3-9-20-39/h1-34H. The third-order valence-electron chi connectivity index (χ3n) is 11.8. The van der Waals surface area contributed by atoms with E-state index in [4.69, 9.17) is 9.40 Å². The summed E-state index contributed by atoms with van der Waals surface area (Å²) in [6, 6.07) is 73.7. The first kappa shape index (κ1) is 32.6. The maximum atomic E-state index is 6.45. The zero-order valence-corrected chi connectivity index (χ0v) is 31.5. The van der Waals surface area contributed by atoms with Gasteiger partial charge in [0.15, 0.2) is 0 Å². The van der Waals surface area contributed by atoms with E-state index in [2.05, 4.69) is 215 Å². The molecule has 270 valence electrons. The first-order valence-corrected chi connectivity index (χ1v) is 19.8. The van der Waals surface area contributed by atoms with Crippen LogP contribution in [0.25, 0.3) is 88.3 Å². The van der Waals surface area contributed by atoms with E-state index < -0.39 is 0 Å². The van der Waals surface area contributed by atoms with Gasteiger partial charge in [-0.3, -0.25) is 4.57 Å². The predicted molar refractivity (Wildman–Crippen MR) is 243 cm³/mol. The van der Waals surface area contributed by atoms with Crippen LogP contribution >= 0.6 is 0 Å². The van der Waals surface area contributed by atoms with Crippen LogP contribution in [0, 0.1) is 0 Å². The van der Waals surface area contributed by atoms with Gasteiger partial charge >= 0.3 is 0 Å². The van der Waals surface area contributed by atoms with Crippen molar-refractivity contribution >= 4 is 88.7 Å². The first-order chi connectivity index (χ1) is 28.8. The fraction of sp³-hybridized carbons (Fsp3) is 0.